The summed E-state index contributed by atoms with van der Waals surface area (Å²) in [7, 11) is -4.59. The number of hydrogen-bond acceptors (Lipinski definition) is 5. The molecule has 1 heterocycles. The summed E-state index contributed by atoms with van der Waals surface area (Å²) in [6, 6.07) is 4.47. The maximum absolute atomic E-state index is 11.1. The van der Waals surface area contributed by atoms with Crippen LogP contribution in [-0.2, 0) is 14.9 Å². The Kier molecular flexibility index (Phi) is 3.56. The first-order valence-corrected chi connectivity index (χ1v) is 5.14. The number of benzene rings is 1. The monoisotopic (exact) mass is 250 g/mol. The van der Waals surface area contributed by atoms with Crippen LogP contribution < -0.4 is 29.6 Å². The second-order valence-electron chi connectivity index (χ2n) is 2.75. The Hall–Kier alpha value is -0.730. The van der Waals surface area contributed by atoms with Crippen LogP contribution in [0.2, 0.25) is 0 Å². The van der Waals surface area contributed by atoms with Crippen molar-refractivity contribution < 1.29 is 56.9 Å². The van der Waals surface area contributed by atoms with Crippen molar-refractivity contribution in [1.82, 2.24) is 0 Å². The van der Waals surface area contributed by atoms with Crippen LogP contribution in [0.25, 0.3) is 0 Å². The van der Waals surface area contributed by atoms with Crippen molar-refractivity contribution in [1.29, 1.82) is 0 Å². The van der Waals surface area contributed by atoms with Crippen LogP contribution in [0.15, 0.2) is 17.0 Å². The Bertz CT molecular complexity index is 576. The summed E-state index contributed by atoms with van der Waals surface area (Å²) in [5.74, 6) is -2.03. The molecule has 0 saturated heterocycles. The average Bonchev–Trinajstić information content (AvgIpc) is 2.41. The van der Waals surface area contributed by atoms with E-state index in [4.69, 9.17) is 4.55 Å². The van der Waals surface area contributed by atoms with Crippen molar-refractivity contribution in [3.8, 4) is 0 Å². The minimum atomic E-state index is -4.59. The maximum atomic E-state index is 11.1. The predicted molar refractivity (Wildman–Crippen MR) is 44.8 cm³/mol. The van der Waals surface area contributed by atoms with Gasteiger partial charge in [-0.2, -0.15) is 26.6 Å². The Morgan fingerprint density at radius 1 is 1.25 bits per heavy atom. The third kappa shape index (κ3) is 2.04. The van der Waals surface area contributed by atoms with Gasteiger partial charge in [-0.25, -0.2) is 4.79 Å². The molecule has 0 unspecified atom stereocenters. The van der Waals surface area contributed by atoms with Crippen molar-refractivity contribution in [3.05, 3.63) is 29.3 Å². The minimum Gasteiger partial charge on any atom is -0.397 e. The molecule has 0 spiro atoms. The number of cyclic esters (lactones) is 2. The molecule has 1 N–H and O–H groups in total. The zero-order chi connectivity index (χ0) is 11.2. The summed E-state index contributed by atoms with van der Waals surface area (Å²) < 4.78 is 34.7. The van der Waals surface area contributed by atoms with Crippen LogP contribution in [0.4, 0.5) is 0 Å². The van der Waals surface area contributed by atoms with Crippen molar-refractivity contribution in [2.45, 2.75) is 4.90 Å². The number of esters is 2. The molecule has 0 saturated carbocycles. The summed E-state index contributed by atoms with van der Waals surface area (Å²) in [6.45, 7) is 0. The Balaban J connectivity index is 0.00000128. The summed E-state index contributed by atoms with van der Waals surface area (Å²) in [6.07, 6.45) is 0. The Morgan fingerprint density at radius 3 is 2.44 bits per heavy atom. The molecule has 0 atom stereocenters. The summed E-state index contributed by atoms with van der Waals surface area (Å²) in [5, 5.41) is 0. The van der Waals surface area contributed by atoms with E-state index in [-0.39, 0.29) is 35.1 Å². The molecule has 2 rings (SSSR count). The number of rotatable bonds is 1. The fourth-order valence-corrected chi connectivity index (χ4v) is 1.91. The van der Waals surface area contributed by atoms with E-state index in [0.717, 1.165) is 6.07 Å². The molecular formula is C8H3NaO6S. The number of carbonyl (C=O) groups excluding carboxylic acids is 2. The quantitative estimate of drug-likeness (QED) is 0.188. The summed E-state index contributed by atoms with van der Waals surface area (Å²) in [5.41, 5.74) is -0.656. The van der Waals surface area contributed by atoms with Crippen LogP contribution in [-0.4, -0.2) is 24.9 Å². The molecule has 1 aliphatic rings. The molecule has 0 aliphatic carbocycles. The van der Waals surface area contributed by atoms with Gasteiger partial charge in [0.05, 0.1) is 0 Å². The standard InChI is InChI=1S/C8H3O6S.Na/c9-7-4-2-1-3-5(15(11,12)13)6(4)8(10)14-7;/h1-2H,(H,11,12,13);/q-1;+1. The van der Waals surface area contributed by atoms with Gasteiger partial charge in [-0.15, -0.1) is 0 Å². The Morgan fingerprint density at radius 2 is 1.88 bits per heavy atom. The molecule has 1 aromatic carbocycles. The van der Waals surface area contributed by atoms with Gasteiger partial charge >= 0.3 is 35.5 Å². The van der Waals surface area contributed by atoms with Crippen LogP contribution in [0.1, 0.15) is 20.7 Å². The van der Waals surface area contributed by atoms with Crippen LogP contribution in [0.5, 0.6) is 0 Å². The zero-order valence-electron chi connectivity index (χ0n) is 8.05. The molecule has 8 heteroatoms. The van der Waals surface area contributed by atoms with Crippen LogP contribution in [0, 0.1) is 6.07 Å². The SMILES string of the molecule is O=C1OC(=O)c2c(S(=O)(=O)O)[c-]ccc21.[Na+]. The van der Waals surface area contributed by atoms with Crippen LogP contribution >= 0.6 is 0 Å². The first-order valence-electron chi connectivity index (χ1n) is 3.70. The molecule has 0 radical (unpaired) electrons. The first kappa shape index (κ1) is 13.3. The average molecular weight is 250 g/mol. The van der Waals surface area contributed by atoms with Crippen molar-refractivity contribution in [3.63, 3.8) is 0 Å². The van der Waals surface area contributed by atoms with E-state index in [0.29, 0.717) is 0 Å². The molecule has 0 aromatic heterocycles. The van der Waals surface area contributed by atoms with Crippen LogP contribution in [0.3, 0.4) is 0 Å². The van der Waals surface area contributed by atoms with E-state index in [9.17, 15) is 18.0 Å². The predicted octanol–water partition coefficient (Wildman–Crippen LogP) is -2.95. The van der Waals surface area contributed by atoms with E-state index in [2.05, 4.69) is 10.8 Å². The van der Waals surface area contributed by atoms with Gasteiger partial charge in [0.25, 0.3) is 16.1 Å². The van der Waals surface area contributed by atoms with Gasteiger partial charge in [0, 0.05) is 0 Å². The Labute approximate surface area is 113 Å². The van der Waals surface area contributed by atoms with E-state index < -0.39 is 32.5 Å². The molecule has 16 heavy (non-hydrogen) atoms. The van der Waals surface area contributed by atoms with Crippen molar-refractivity contribution >= 4 is 22.1 Å². The molecular weight excluding hydrogens is 247 g/mol. The molecule has 1 aromatic rings. The summed E-state index contributed by atoms with van der Waals surface area (Å²) in [4.78, 5) is 21.4. The van der Waals surface area contributed by atoms with E-state index in [1.165, 1.54) is 6.07 Å². The van der Waals surface area contributed by atoms with Gasteiger partial charge in [0.2, 0.25) is 0 Å². The normalized spacial score (nSPS) is 14.1. The number of carbonyl (C=O) groups is 2. The molecule has 0 fully saturated rings. The van der Waals surface area contributed by atoms with Gasteiger partial charge in [0.1, 0.15) is 0 Å². The molecule has 1 aliphatic heterocycles. The van der Waals surface area contributed by atoms with E-state index in [1.54, 1.807) is 0 Å². The molecule has 78 valence electrons. The van der Waals surface area contributed by atoms with Gasteiger partial charge < -0.3 is 4.74 Å². The third-order valence-electron chi connectivity index (χ3n) is 1.83. The second kappa shape index (κ2) is 4.27. The van der Waals surface area contributed by atoms with Crippen molar-refractivity contribution in [2.75, 3.05) is 0 Å². The maximum Gasteiger partial charge on any atom is 1.00 e. The fourth-order valence-electron chi connectivity index (χ4n) is 1.24. The molecule has 0 amide bonds. The molecule has 6 nitrogen and oxygen atoms in total. The summed E-state index contributed by atoms with van der Waals surface area (Å²) >= 11 is 0. The minimum absolute atomic E-state index is 0. The number of fused-ring (bicyclic) bond motifs is 1. The number of hydrogen-bond donors (Lipinski definition) is 1. The first-order chi connectivity index (χ1) is 6.91. The smallest absolute Gasteiger partial charge is 0.397 e. The zero-order valence-corrected chi connectivity index (χ0v) is 10.9. The van der Waals surface area contributed by atoms with E-state index >= 15 is 0 Å². The topological polar surface area (TPSA) is 97.7 Å². The third-order valence-corrected chi connectivity index (χ3v) is 2.67. The fraction of sp³-hybridized carbons (Fsp3) is 0. The van der Waals surface area contributed by atoms with Crippen molar-refractivity contribution in [2.24, 2.45) is 0 Å². The van der Waals surface area contributed by atoms with Gasteiger partial charge in [0.15, 0.2) is 0 Å². The number of ether oxygens (including phenoxy) is 1. The van der Waals surface area contributed by atoms with Gasteiger partial charge in [-0.1, -0.05) is 0 Å². The van der Waals surface area contributed by atoms with Gasteiger partial charge in [-0.05, 0) is 16.0 Å². The van der Waals surface area contributed by atoms with Gasteiger partial charge in [-0.3, -0.25) is 9.35 Å². The van der Waals surface area contributed by atoms with E-state index in [1.807, 2.05) is 0 Å². The second-order valence-corrected chi connectivity index (χ2v) is 4.11. The largest absolute Gasteiger partial charge is 1.00 e. The molecule has 0 bridgehead atoms.